The lowest BCUT2D eigenvalue weighted by atomic mass is 10.2. The van der Waals surface area contributed by atoms with Gasteiger partial charge in [0.15, 0.2) is 0 Å². The van der Waals surface area contributed by atoms with Crippen molar-refractivity contribution < 1.29 is 4.79 Å². The molecule has 0 saturated carbocycles. The fraction of sp³-hybridized carbons (Fsp3) is 0.600. The van der Waals surface area contributed by atoms with Gasteiger partial charge in [0.05, 0.1) is 18.1 Å². The number of carbonyl (C=O) groups is 1. The van der Waals surface area contributed by atoms with E-state index < -0.39 is 0 Å². The fourth-order valence-electron chi connectivity index (χ4n) is 1.29. The molecular formula is C10H18N4O. The second-order valence-electron chi connectivity index (χ2n) is 3.81. The van der Waals surface area contributed by atoms with E-state index in [0.29, 0.717) is 6.54 Å². The lowest BCUT2D eigenvalue weighted by Crippen LogP contribution is -2.41. The number of nitrogens with zero attached hydrogens (tertiary/aromatic N) is 2. The van der Waals surface area contributed by atoms with E-state index in [-0.39, 0.29) is 11.9 Å². The Labute approximate surface area is 89.9 Å². The van der Waals surface area contributed by atoms with Crippen molar-refractivity contribution in [1.82, 2.24) is 20.2 Å². The zero-order chi connectivity index (χ0) is 11.4. The summed E-state index contributed by atoms with van der Waals surface area (Å²) in [5.74, 6) is 0.0724. The normalized spacial score (nSPS) is 12.5. The standard InChI is InChI=1S/C10H18N4O/c1-7-9(13-6-12-7)5-11-8(2)10(15)14(3)4/h6,8,11H,5H2,1-4H3,(H,12,13). The lowest BCUT2D eigenvalue weighted by Gasteiger charge is -2.17. The summed E-state index contributed by atoms with van der Waals surface area (Å²) in [5, 5.41) is 3.13. The summed E-state index contributed by atoms with van der Waals surface area (Å²) < 4.78 is 0. The number of aryl methyl sites for hydroxylation is 1. The molecule has 0 aliphatic heterocycles. The molecule has 1 atom stereocenters. The molecule has 0 radical (unpaired) electrons. The number of aromatic nitrogens is 2. The highest BCUT2D eigenvalue weighted by Gasteiger charge is 2.14. The number of aromatic amines is 1. The first-order chi connectivity index (χ1) is 7.02. The molecular weight excluding hydrogens is 192 g/mol. The van der Waals surface area contributed by atoms with Crippen LogP contribution in [-0.2, 0) is 11.3 Å². The maximum absolute atomic E-state index is 11.5. The van der Waals surface area contributed by atoms with Crippen LogP contribution in [0.3, 0.4) is 0 Å². The Hall–Kier alpha value is -1.36. The lowest BCUT2D eigenvalue weighted by molar-refractivity contribution is -0.130. The van der Waals surface area contributed by atoms with E-state index in [1.54, 1.807) is 25.3 Å². The highest BCUT2D eigenvalue weighted by molar-refractivity contribution is 5.80. The van der Waals surface area contributed by atoms with Crippen molar-refractivity contribution in [3.05, 3.63) is 17.7 Å². The predicted octanol–water partition coefficient (Wildman–Crippen LogP) is 0.284. The molecule has 5 nitrogen and oxygen atoms in total. The monoisotopic (exact) mass is 210 g/mol. The van der Waals surface area contributed by atoms with E-state index in [0.717, 1.165) is 11.4 Å². The summed E-state index contributed by atoms with van der Waals surface area (Å²) in [5.41, 5.74) is 1.99. The molecule has 1 aromatic heterocycles. The van der Waals surface area contributed by atoms with E-state index >= 15 is 0 Å². The summed E-state index contributed by atoms with van der Waals surface area (Å²) in [4.78, 5) is 20.2. The van der Waals surface area contributed by atoms with E-state index in [1.165, 1.54) is 0 Å². The molecule has 1 amide bonds. The minimum Gasteiger partial charge on any atom is -0.348 e. The van der Waals surface area contributed by atoms with Gasteiger partial charge in [-0.15, -0.1) is 0 Å². The summed E-state index contributed by atoms with van der Waals surface area (Å²) in [7, 11) is 3.50. The molecule has 2 N–H and O–H groups in total. The Morgan fingerprint density at radius 1 is 1.67 bits per heavy atom. The number of likely N-dealkylation sites (N-methyl/N-ethyl adjacent to an activating group) is 1. The van der Waals surface area contributed by atoms with Crippen molar-refractivity contribution in [2.45, 2.75) is 26.4 Å². The number of amides is 1. The van der Waals surface area contributed by atoms with Crippen LogP contribution in [0.4, 0.5) is 0 Å². The molecule has 0 spiro atoms. The Morgan fingerprint density at radius 2 is 2.33 bits per heavy atom. The van der Waals surface area contributed by atoms with Gasteiger partial charge in [0.2, 0.25) is 5.91 Å². The zero-order valence-corrected chi connectivity index (χ0v) is 9.66. The average Bonchev–Trinajstić information content (AvgIpc) is 2.59. The van der Waals surface area contributed by atoms with Gasteiger partial charge in [-0.1, -0.05) is 0 Å². The minimum absolute atomic E-state index is 0.0724. The van der Waals surface area contributed by atoms with Crippen LogP contribution in [0.15, 0.2) is 6.33 Å². The summed E-state index contributed by atoms with van der Waals surface area (Å²) in [6.45, 7) is 4.42. The van der Waals surface area contributed by atoms with Crippen LogP contribution in [0.1, 0.15) is 18.3 Å². The van der Waals surface area contributed by atoms with E-state index in [1.807, 2.05) is 13.8 Å². The number of nitrogens with one attached hydrogen (secondary N) is 2. The van der Waals surface area contributed by atoms with E-state index in [9.17, 15) is 4.79 Å². The molecule has 1 unspecified atom stereocenters. The van der Waals surface area contributed by atoms with Crippen molar-refractivity contribution in [3.63, 3.8) is 0 Å². The van der Waals surface area contributed by atoms with Crippen LogP contribution in [0.2, 0.25) is 0 Å². The molecule has 0 fully saturated rings. The smallest absolute Gasteiger partial charge is 0.238 e. The van der Waals surface area contributed by atoms with Gasteiger partial charge in [-0.3, -0.25) is 4.79 Å². The van der Waals surface area contributed by atoms with Crippen LogP contribution in [0.25, 0.3) is 0 Å². The van der Waals surface area contributed by atoms with E-state index in [2.05, 4.69) is 15.3 Å². The van der Waals surface area contributed by atoms with Gasteiger partial charge < -0.3 is 15.2 Å². The third-order valence-electron chi connectivity index (χ3n) is 2.32. The molecule has 0 aliphatic rings. The van der Waals surface area contributed by atoms with Gasteiger partial charge in [-0.05, 0) is 13.8 Å². The van der Waals surface area contributed by atoms with Crippen LogP contribution in [-0.4, -0.2) is 40.9 Å². The quantitative estimate of drug-likeness (QED) is 0.750. The van der Waals surface area contributed by atoms with Crippen LogP contribution >= 0.6 is 0 Å². The third kappa shape index (κ3) is 3.06. The minimum atomic E-state index is -0.184. The molecule has 5 heteroatoms. The first kappa shape index (κ1) is 11.7. The Kier molecular flexibility index (Phi) is 3.85. The highest BCUT2D eigenvalue weighted by Crippen LogP contribution is 2.00. The van der Waals surface area contributed by atoms with Gasteiger partial charge in [-0.2, -0.15) is 0 Å². The topological polar surface area (TPSA) is 61.0 Å². The third-order valence-corrected chi connectivity index (χ3v) is 2.32. The number of carbonyl (C=O) groups excluding carboxylic acids is 1. The van der Waals surface area contributed by atoms with Gasteiger partial charge in [0.25, 0.3) is 0 Å². The number of hydrogen-bond donors (Lipinski definition) is 2. The average molecular weight is 210 g/mol. The number of imidazole rings is 1. The number of hydrogen-bond acceptors (Lipinski definition) is 3. The molecule has 1 rings (SSSR count). The largest absolute Gasteiger partial charge is 0.348 e. The van der Waals surface area contributed by atoms with Crippen LogP contribution in [0.5, 0.6) is 0 Å². The van der Waals surface area contributed by atoms with Gasteiger partial charge >= 0.3 is 0 Å². The summed E-state index contributed by atoms with van der Waals surface area (Å²) >= 11 is 0. The van der Waals surface area contributed by atoms with Crippen LogP contribution < -0.4 is 5.32 Å². The number of H-pyrrole nitrogens is 1. The van der Waals surface area contributed by atoms with Crippen molar-refractivity contribution in [2.75, 3.05) is 14.1 Å². The van der Waals surface area contributed by atoms with Gasteiger partial charge in [0.1, 0.15) is 0 Å². The molecule has 0 saturated heterocycles. The molecule has 1 aromatic rings. The van der Waals surface area contributed by atoms with Crippen molar-refractivity contribution in [2.24, 2.45) is 0 Å². The SMILES string of the molecule is Cc1[nH]cnc1CNC(C)C(=O)N(C)C. The number of rotatable bonds is 4. The second-order valence-corrected chi connectivity index (χ2v) is 3.81. The molecule has 0 bridgehead atoms. The molecule has 0 aliphatic carbocycles. The zero-order valence-electron chi connectivity index (χ0n) is 9.66. The molecule has 0 aromatic carbocycles. The Balaban J connectivity index is 2.44. The maximum atomic E-state index is 11.5. The van der Waals surface area contributed by atoms with Crippen molar-refractivity contribution >= 4 is 5.91 Å². The Bertz CT molecular complexity index is 332. The molecule has 84 valence electrons. The summed E-state index contributed by atoms with van der Waals surface area (Å²) in [6, 6.07) is -0.184. The molecule has 1 heterocycles. The fourth-order valence-corrected chi connectivity index (χ4v) is 1.29. The van der Waals surface area contributed by atoms with Gasteiger partial charge in [-0.25, -0.2) is 4.98 Å². The van der Waals surface area contributed by atoms with Crippen molar-refractivity contribution in [3.8, 4) is 0 Å². The van der Waals surface area contributed by atoms with Gasteiger partial charge in [0, 0.05) is 26.3 Å². The first-order valence-electron chi connectivity index (χ1n) is 4.95. The first-order valence-corrected chi connectivity index (χ1v) is 4.95. The summed E-state index contributed by atoms with van der Waals surface area (Å²) in [6.07, 6.45) is 1.66. The Morgan fingerprint density at radius 3 is 2.80 bits per heavy atom. The molecule has 15 heavy (non-hydrogen) atoms. The maximum Gasteiger partial charge on any atom is 0.238 e. The highest BCUT2D eigenvalue weighted by atomic mass is 16.2. The second kappa shape index (κ2) is 4.93. The van der Waals surface area contributed by atoms with Crippen molar-refractivity contribution in [1.29, 1.82) is 0 Å². The van der Waals surface area contributed by atoms with E-state index in [4.69, 9.17) is 0 Å². The predicted molar refractivity (Wildman–Crippen MR) is 58.3 cm³/mol. The van der Waals surface area contributed by atoms with Crippen LogP contribution in [0, 0.1) is 6.92 Å².